The maximum atomic E-state index is 13.0. The molecule has 0 bridgehead atoms. The third-order valence-corrected chi connectivity index (χ3v) is 1.83. The van der Waals surface area contributed by atoms with Gasteiger partial charge in [0.05, 0.1) is 0 Å². The second kappa shape index (κ2) is 5.05. The average Bonchev–Trinajstić information content (AvgIpc) is 2.13. The topological polar surface area (TPSA) is 24.9 Å². The Balaban J connectivity index is 2.17. The van der Waals surface area contributed by atoms with Crippen LogP contribution < -0.4 is 5.32 Å². The number of hydrogen-bond acceptors (Lipinski definition) is 2. The minimum Gasteiger partial charge on any atom is -0.313 e. The van der Waals surface area contributed by atoms with Gasteiger partial charge in [0.2, 0.25) is 0 Å². The van der Waals surface area contributed by atoms with Crippen LogP contribution in [0.1, 0.15) is 19.5 Å². The minimum absolute atomic E-state index is 0.389. The van der Waals surface area contributed by atoms with Crippen LogP contribution in [0.15, 0.2) is 24.4 Å². The van der Waals surface area contributed by atoms with E-state index in [-0.39, 0.29) is 0 Å². The lowest BCUT2D eigenvalue weighted by Gasteiger charge is -2.14. The number of nitrogens with zero attached hydrogens (tertiary/aromatic N) is 1. The summed E-state index contributed by atoms with van der Waals surface area (Å²) in [6.45, 7) is 4.30. The zero-order valence-electron chi connectivity index (χ0n) is 8.76. The van der Waals surface area contributed by atoms with Crippen molar-refractivity contribution in [2.45, 2.75) is 25.9 Å². The first-order valence-corrected chi connectivity index (χ1v) is 4.87. The highest BCUT2D eigenvalue weighted by atomic mass is 19.1. The zero-order chi connectivity index (χ0) is 10.4. The molecule has 0 saturated carbocycles. The van der Waals surface area contributed by atoms with Crippen LogP contribution in [0.2, 0.25) is 0 Å². The number of halogens is 1. The molecule has 0 aromatic carbocycles. The van der Waals surface area contributed by atoms with Gasteiger partial charge in [0.25, 0.3) is 0 Å². The standard InChI is InChI=1S/C11H17FN2/c1-11(2,12)9-13-8-6-10-5-3-4-7-14-10/h3-5,7,13H,6,8-9H2,1-2H3. The van der Waals surface area contributed by atoms with Gasteiger partial charge in [-0.15, -0.1) is 0 Å². The summed E-state index contributed by atoms with van der Waals surface area (Å²) < 4.78 is 13.0. The quantitative estimate of drug-likeness (QED) is 0.728. The smallest absolute Gasteiger partial charge is 0.117 e. The van der Waals surface area contributed by atoms with E-state index in [9.17, 15) is 4.39 Å². The third-order valence-electron chi connectivity index (χ3n) is 1.83. The molecule has 0 saturated heterocycles. The SMILES string of the molecule is CC(C)(F)CNCCc1ccccn1. The summed E-state index contributed by atoms with van der Waals surface area (Å²) >= 11 is 0. The van der Waals surface area contributed by atoms with Gasteiger partial charge in [0, 0.05) is 31.4 Å². The number of aromatic nitrogens is 1. The first-order valence-electron chi connectivity index (χ1n) is 4.87. The molecule has 14 heavy (non-hydrogen) atoms. The first-order chi connectivity index (χ1) is 6.58. The Labute approximate surface area is 84.6 Å². The molecule has 3 heteroatoms. The molecule has 78 valence electrons. The molecule has 2 nitrogen and oxygen atoms in total. The van der Waals surface area contributed by atoms with Crippen LogP contribution in [-0.4, -0.2) is 23.7 Å². The monoisotopic (exact) mass is 196 g/mol. The molecule has 0 unspecified atom stereocenters. The third kappa shape index (κ3) is 4.92. The van der Waals surface area contributed by atoms with Crippen molar-refractivity contribution in [2.75, 3.05) is 13.1 Å². The molecule has 0 radical (unpaired) electrons. The largest absolute Gasteiger partial charge is 0.313 e. The molecule has 1 N–H and O–H groups in total. The van der Waals surface area contributed by atoms with E-state index in [2.05, 4.69) is 10.3 Å². The van der Waals surface area contributed by atoms with E-state index in [0.717, 1.165) is 18.7 Å². The van der Waals surface area contributed by atoms with Crippen molar-refractivity contribution >= 4 is 0 Å². The van der Waals surface area contributed by atoms with Gasteiger partial charge < -0.3 is 5.32 Å². The van der Waals surface area contributed by atoms with Crippen molar-refractivity contribution in [2.24, 2.45) is 0 Å². The Hall–Kier alpha value is -0.960. The number of rotatable bonds is 5. The van der Waals surface area contributed by atoms with E-state index in [1.165, 1.54) is 0 Å². The molecule has 1 aromatic rings. The lowest BCUT2D eigenvalue weighted by Crippen LogP contribution is -2.32. The van der Waals surface area contributed by atoms with Crippen molar-refractivity contribution in [1.29, 1.82) is 0 Å². The van der Waals surface area contributed by atoms with Gasteiger partial charge in [-0.05, 0) is 26.0 Å². The second-order valence-electron chi connectivity index (χ2n) is 3.97. The zero-order valence-corrected chi connectivity index (χ0v) is 8.76. The number of hydrogen-bond donors (Lipinski definition) is 1. The van der Waals surface area contributed by atoms with Crippen LogP contribution in [0.4, 0.5) is 4.39 Å². The van der Waals surface area contributed by atoms with Crippen molar-refractivity contribution in [3.8, 4) is 0 Å². The lowest BCUT2D eigenvalue weighted by atomic mass is 10.2. The molecule has 0 fully saturated rings. The highest BCUT2D eigenvalue weighted by Gasteiger charge is 2.13. The number of nitrogens with one attached hydrogen (secondary N) is 1. The summed E-state index contributed by atoms with van der Waals surface area (Å²) in [7, 11) is 0. The molecular formula is C11H17FN2. The lowest BCUT2D eigenvalue weighted by molar-refractivity contribution is 0.211. The van der Waals surface area contributed by atoms with Gasteiger partial charge in [-0.25, -0.2) is 4.39 Å². The summed E-state index contributed by atoms with van der Waals surface area (Å²) in [6.07, 6.45) is 2.62. The molecule has 1 heterocycles. The maximum Gasteiger partial charge on any atom is 0.117 e. The fourth-order valence-electron chi connectivity index (χ4n) is 1.15. The van der Waals surface area contributed by atoms with E-state index in [4.69, 9.17) is 0 Å². The van der Waals surface area contributed by atoms with Crippen molar-refractivity contribution in [1.82, 2.24) is 10.3 Å². The molecule has 1 aromatic heterocycles. The summed E-state index contributed by atoms with van der Waals surface area (Å²) in [5, 5.41) is 3.06. The fraction of sp³-hybridized carbons (Fsp3) is 0.545. The van der Waals surface area contributed by atoms with E-state index in [0.29, 0.717) is 6.54 Å². The highest BCUT2D eigenvalue weighted by molar-refractivity contribution is 5.03. The van der Waals surface area contributed by atoms with Gasteiger partial charge >= 0.3 is 0 Å². The fourth-order valence-corrected chi connectivity index (χ4v) is 1.15. The van der Waals surface area contributed by atoms with Crippen molar-refractivity contribution < 1.29 is 4.39 Å². The summed E-state index contributed by atoms with van der Waals surface area (Å²) in [5.74, 6) is 0. The van der Waals surface area contributed by atoms with Gasteiger partial charge in [0.15, 0.2) is 0 Å². The normalized spacial score (nSPS) is 11.6. The van der Waals surface area contributed by atoms with Gasteiger partial charge in [0.1, 0.15) is 5.67 Å². The molecule has 0 aliphatic rings. The summed E-state index contributed by atoms with van der Waals surface area (Å²) in [5.41, 5.74) is -0.0962. The predicted octanol–water partition coefficient (Wildman–Crippen LogP) is 1.96. The Kier molecular flexibility index (Phi) is 4.01. The van der Waals surface area contributed by atoms with Crippen LogP contribution in [0.3, 0.4) is 0 Å². The Morgan fingerprint density at radius 3 is 2.79 bits per heavy atom. The summed E-state index contributed by atoms with van der Waals surface area (Å²) in [6, 6.07) is 5.82. The molecule has 0 amide bonds. The molecule has 0 spiro atoms. The number of alkyl halides is 1. The predicted molar refractivity (Wildman–Crippen MR) is 56.0 cm³/mol. The minimum atomic E-state index is -1.13. The van der Waals surface area contributed by atoms with Crippen LogP contribution in [0.5, 0.6) is 0 Å². The van der Waals surface area contributed by atoms with Crippen LogP contribution in [-0.2, 0) is 6.42 Å². The Morgan fingerprint density at radius 2 is 2.21 bits per heavy atom. The van der Waals surface area contributed by atoms with Gasteiger partial charge in [-0.1, -0.05) is 6.07 Å². The van der Waals surface area contributed by atoms with Crippen molar-refractivity contribution in [3.05, 3.63) is 30.1 Å². The van der Waals surface area contributed by atoms with E-state index in [1.54, 1.807) is 20.0 Å². The Bertz CT molecular complexity index is 254. The molecular weight excluding hydrogens is 179 g/mol. The molecule has 0 aliphatic carbocycles. The van der Waals surface area contributed by atoms with Crippen LogP contribution in [0.25, 0.3) is 0 Å². The van der Waals surface area contributed by atoms with Crippen LogP contribution >= 0.6 is 0 Å². The Morgan fingerprint density at radius 1 is 1.43 bits per heavy atom. The first kappa shape index (κ1) is 11.1. The average molecular weight is 196 g/mol. The molecule has 0 atom stereocenters. The van der Waals surface area contributed by atoms with Gasteiger partial charge in [-0.2, -0.15) is 0 Å². The molecule has 0 aliphatic heterocycles. The maximum absolute atomic E-state index is 13.0. The van der Waals surface area contributed by atoms with E-state index >= 15 is 0 Å². The van der Waals surface area contributed by atoms with E-state index in [1.807, 2.05) is 18.2 Å². The molecule has 1 rings (SSSR count). The van der Waals surface area contributed by atoms with Gasteiger partial charge in [-0.3, -0.25) is 4.98 Å². The second-order valence-corrected chi connectivity index (χ2v) is 3.97. The van der Waals surface area contributed by atoms with Crippen LogP contribution in [0, 0.1) is 0 Å². The van der Waals surface area contributed by atoms with Crippen molar-refractivity contribution in [3.63, 3.8) is 0 Å². The van der Waals surface area contributed by atoms with E-state index < -0.39 is 5.67 Å². The highest BCUT2D eigenvalue weighted by Crippen LogP contribution is 2.05. The summed E-state index contributed by atoms with van der Waals surface area (Å²) in [4.78, 5) is 4.18. The number of pyridine rings is 1.